The van der Waals surface area contributed by atoms with Gasteiger partial charge in [0.25, 0.3) is 5.91 Å². The van der Waals surface area contributed by atoms with Gasteiger partial charge in [0.05, 0.1) is 11.8 Å². The van der Waals surface area contributed by atoms with Gasteiger partial charge < -0.3 is 5.11 Å². The first kappa shape index (κ1) is 21.7. The molecule has 0 spiro atoms. The Morgan fingerprint density at radius 1 is 1.00 bits per heavy atom. The fourth-order valence-electron chi connectivity index (χ4n) is 4.15. The van der Waals surface area contributed by atoms with Crippen molar-refractivity contribution in [2.45, 2.75) is 25.3 Å². The zero-order valence-corrected chi connectivity index (χ0v) is 19.7. The molecule has 0 radical (unpaired) electrons. The molecular weight excluding hydrogens is 524 g/mol. The quantitative estimate of drug-likeness (QED) is 0.482. The van der Waals surface area contributed by atoms with Gasteiger partial charge in [-0.15, -0.1) is 0 Å². The smallest absolute Gasteiger partial charge is 0.328 e. The van der Waals surface area contributed by atoms with Crippen molar-refractivity contribution in [3.63, 3.8) is 0 Å². The Labute approximate surface area is 197 Å². The molecule has 2 aromatic rings. The maximum absolute atomic E-state index is 12.9. The number of allylic oxidation sites excluding steroid dienone is 1. The van der Waals surface area contributed by atoms with Gasteiger partial charge in [-0.1, -0.05) is 56.1 Å². The van der Waals surface area contributed by atoms with Crippen LogP contribution in [0, 0.1) is 5.92 Å². The second kappa shape index (κ2) is 9.32. The van der Waals surface area contributed by atoms with E-state index in [2.05, 4.69) is 37.9 Å². The number of hydrazone groups is 1. The summed E-state index contributed by atoms with van der Waals surface area (Å²) in [5.74, 6) is -1.52. The van der Waals surface area contributed by atoms with Gasteiger partial charge in [0.2, 0.25) is 0 Å². The van der Waals surface area contributed by atoms with E-state index >= 15 is 0 Å². The minimum absolute atomic E-state index is 0.0683. The van der Waals surface area contributed by atoms with E-state index in [1.54, 1.807) is 0 Å². The largest absolute Gasteiger partial charge is 0.478 e. The zero-order chi connectivity index (χ0) is 22.0. The van der Waals surface area contributed by atoms with Crippen molar-refractivity contribution in [2.24, 2.45) is 11.0 Å². The molecule has 2 atom stereocenters. The number of nitrogens with zero attached hydrogens (tertiary/aromatic N) is 2. The van der Waals surface area contributed by atoms with E-state index in [1.165, 1.54) is 5.01 Å². The number of aliphatic carboxylic acids is 1. The Kier molecular flexibility index (Phi) is 6.53. The van der Waals surface area contributed by atoms with E-state index in [1.807, 2.05) is 48.5 Å². The van der Waals surface area contributed by atoms with E-state index < -0.39 is 11.9 Å². The number of carbonyl (C=O) groups is 2. The second-order valence-electron chi connectivity index (χ2n) is 7.56. The lowest BCUT2D eigenvalue weighted by molar-refractivity contribution is -0.132. The molecule has 5 nitrogen and oxygen atoms in total. The van der Waals surface area contributed by atoms with Crippen molar-refractivity contribution in [1.29, 1.82) is 0 Å². The fraction of sp³-hybridized carbons (Fsp3) is 0.208. The summed E-state index contributed by atoms with van der Waals surface area (Å²) in [6, 6.07) is 15.7. The first-order valence-corrected chi connectivity index (χ1v) is 11.6. The molecule has 1 aliphatic heterocycles. The molecule has 1 aliphatic carbocycles. The highest BCUT2D eigenvalue weighted by Gasteiger charge is 2.43. The third kappa shape index (κ3) is 4.88. The van der Waals surface area contributed by atoms with Crippen LogP contribution >= 0.6 is 31.9 Å². The van der Waals surface area contributed by atoms with Crippen molar-refractivity contribution in [1.82, 2.24) is 5.01 Å². The fourth-order valence-corrected chi connectivity index (χ4v) is 4.68. The van der Waals surface area contributed by atoms with Crippen molar-refractivity contribution in [3.05, 3.63) is 86.3 Å². The number of carbonyl (C=O) groups excluding carboxylic acids is 1. The SMILES string of the molecule is O=C(O)/C=C\C(=O)N1N=C2/C(=C/c3ccc(Br)cc3)CCC[C@@H]2[C@@H]1c1ccc(Br)cc1. The van der Waals surface area contributed by atoms with Crippen LogP contribution in [-0.2, 0) is 9.59 Å². The first-order valence-electron chi connectivity index (χ1n) is 9.97. The highest BCUT2D eigenvalue weighted by Crippen LogP contribution is 2.44. The molecule has 158 valence electrons. The van der Waals surface area contributed by atoms with E-state index in [0.717, 1.165) is 62.8 Å². The lowest BCUT2D eigenvalue weighted by atomic mass is 9.77. The third-order valence-electron chi connectivity index (χ3n) is 5.52. The summed E-state index contributed by atoms with van der Waals surface area (Å²) in [4.78, 5) is 23.8. The summed E-state index contributed by atoms with van der Waals surface area (Å²) < 4.78 is 1.98. The molecule has 31 heavy (non-hydrogen) atoms. The standard InChI is InChI=1S/C24H20Br2N2O3/c25-18-8-4-15(5-9-18)14-17-2-1-3-20-23(17)27-28(21(29)12-13-22(30)31)24(20)16-6-10-19(26)11-7-16/h4-14,20,24H,1-3H2,(H,30,31)/b13-12-,17-14+/t20-,24-/m0/s1. The molecule has 1 heterocycles. The first-order chi connectivity index (χ1) is 14.9. The predicted molar refractivity (Wildman–Crippen MR) is 127 cm³/mol. The Morgan fingerprint density at radius 3 is 2.29 bits per heavy atom. The topological polar surface area (TPSA) is 70.0 Å². The van der Waals surface area contributed by atoms with Crippen LogP contribution in [0.15, 0.2) is 80.3 Å². The number of rotatable bonds is 4. The number of hydrogen-bond donors (Lipinski definition) is 1. The van der Waals surface area contributed by atoms with E-state index in [-0.39, 0.29) is 12.0 Å². The minimum atomic E-state index is -1.16. The molecule has 0 bridgehead atoms. The van der Waals surface area contributed by atoms with Crippen LogP contribution in [0.3, 0.4) is 0 Å². The lowest BCUT2D eigenvalue weighted by Crippen LogP contribution is -2.31. The Morgan fingerprint density at radius 2 is 1.65 bits per heavy atom. The third-order valence-corrected chi connectivity index (χ3v) is 6.58. The summed E-state index contributed by atoms with van der Waals surface area (Å²) in [6.45, 7) is 0. The van der Waals surface area contributed by atoms with Crippen molar-refractivity contribution in [2.75, 3.05) is 0 Å². The number of carboxylic acid groups (broad SMARTS) is 1. The number of carboxylic acids is 1. The van der Waals surface area contributed by atoms with Gasteiger partial charge in [-0.05, 0) is 66.3 Å². The molecule has 4 rings (SSSR count). The number of hydrogen-bond acceptors (Lipinski definition) is 3. The van der Waals surface area contributed by atoms with Gasteiger partial charge in [0.15, 0.2) is 0 Å². The molecule has 1 N–H and O–H groups in total. The maximum Gasteiger partial charge on any atom is 0.328 e. The van der Waals surface area contributed by atoms with Gasteiger partial charge in [-0.2, -0.15) is 5.10 Å². The average Bonchev–Trinajstić information content (AvgIpc) is 3.15. The van der Waals surface area contributed by atoms with Crippen molar-refractivity contribution in [3.8, 4) is 0 Å². The maximum atomic E-state index is 12.9. The summed E-state index contributed by atoms with van der Waals surface area (Å²) in [7, 11) is 0. The average molecular weight is 544 g/mol. The summed E-state index contributed by atoms with van der Waals surface area (Å²) >= 11 is 6.92. The van der Waals surface area contributed by atoms with Crippen LogP contribution < -0.4 is 0 Å². The van der Waals surface area contributed by atoms with Crippen LogP contribution in [-0.4, -0.2) is 27.7 Å². The minimum Gasteiger partial charge on any atom is -0.478 e. The van der Waals surface area contributed by atoms with E-state index in [9.17, 15) is 9.59 Å². The molecule has 1 saturated carbocycles. The van der Waals surface area contributed by atoms with E-state index in [0.29, 0.717) is 0 Å². The second-order valence-corrected chi connectivity index (χ2v) is 9.39. The molecule has 1 fully saturated rings. The van der Waals surface area contributed by atoms with Crippen molar-refractivity contribution >= 4 is 55.5 Å². The molecule has 1 amide bonds. The molecule has 0 aromatic heterocycles. The van der Waals surface area contributed by atoms with Crippen molar-refractivity contribution < 1.29 is 14.7 Å². The van der Waals surface area contributed by atoms with Crippen LogP contribution in [0.2, 0.25) is 0 Å². The predicted octanol–water partition coefficient (Wildman–Crippen LogP) is 5.98. The number of halogens is 2. The van der Waals surface area contributed by atoms with Crippen LogP contribution in [0.25, 0.3) is 6.08 Å². The van der Waals surface area contributed by atoms with Crippen LogP contribution in [0.1, 0.15) is 36.4 Å². The van der Waals surface area contributed by atoms with Gasteiger partial charge in [0, 0.05) is 27.0 Å². The Balaban J connectivity index is 1.74. The molecule has 7 heteroatoms. The normalized spacial score (nSPS) is 21.9. The Bertz CT molecular complexity index is 1090. The molecule has 0 unspecified atom stereocenters. The molecule has 0 saturated heterocycles. The van der Waals surface area contributed by atoms with Gasteiger partial charge in [-0.3, -0.25) is 4.79 Å². The molecule has 2 aliphatic rings. The lowest BCUT2D eigenvalue weighted by Gasteiger charge is -2.29. The number of fused-ring (bicyclic) bond motifs is 1. The summed E-state index contributed by atoms with van der Waals surface area (Å²) in [6.07, 6.45) is 6.90. The van der Waals surface area contributed by atoms with Gasteiger partial charge in [0.1, 0.15) is 0 Å². The van der Waals surface area contributed by atoms with Crippen LogP contribution in [0.4, 0.5) is 0 Å². The summed E-state index contributed by atoms with van der Waals surface area (Å²) in [5.41, 5.74) is 4.10. The highest BCUT2D eigenvalue weighted by molar-refractivity contribution is 9.10. The van der Waals surface area contributed by atoms with Gasteiger partial charge >= 0.3 is 5.97 Å². The molecule has 2 aromatic carbocycles. The summed E-state index contributed by atoms with van der Waals surface area (Å²) in [5, 5.41) is 15.1. The highest BCUT2D eigenvalue weighted by atomic mass is 79.9. The molecular formula is C24H20Br2N2O3. The Hall–Kier alpha value is -2.51. The van der Waals surface area contributed by atoms with Crippen LogP contribution in [0.5, 0.6) is 0 Å². The van der Waals surface area contributed by atoms with Gasteiger partial charge in [-0.25, -0.2) is 9.80 Å². The number of amides is 1. The van der Waals surface area contributed by atoms with E-state index in [4.69, 9.17) is 10.2 Å². The number of benzene rings is 2. The monoisotopic (exact) mass is 542 g/mol. The zero-order valence-electron chi connectivity index (χ0n) is 16.5.